The molecule has 1 saturated heterocycles. The molecule has 1 aromatic carbocycles. The summed E-state index contributed by atoms with van der Waals surface area (Å²) in [5, 5.41) is 22.6. The van der Waals surface area contributed by atoms with Crippen molar-refractivity contribution in [1.29, 1.82) is 5.26 Å². The molecule has 1 fully saturated rings. The van der Waals surface area contributed by atoms with Crippen molar-refractivity contribution in [2.75, 3.05) is 13.2 Å². The normalized spacial score (nSPS) is 16.5. The highest BCUT2D eigenvalue weighted by Gasteiger charge is 2.34. The monoisotopic (exact) mass is 323 g/mol. The van der Waals surface area contributed by atoms with Gasteiger partial charge in [-0.15, -0.1) is 0 Å². The maximum atomic E-state index is 10.0. The fraction of sp³-hybridized carbons (Fsp3) is 0.368. The zero-order valence-electron chi connectivity index (χ0n) is 13.7. The minimum Gasteiger partial charge on any atom is -0.506 e. The molecule has 5 nitrogen and oxygen atoms in total. The van der Waals surface area contributed by atoms with Crippen molar-refractivity contribution in [1.82, 2.24) is 10.3 Å². The number of aryl methyl sites for hydroxylation is 1. The maximum Gasteiger partial charge on any atom is 0.138 e. The van der Waals surface area contributed by atoms with E-state index in [0.29, 0.717) is 31.0 Å². The zero-order chi connectivity index (χ0) is 17.0. The van der Waals surface area contributed by atoms with E-state index in [9.17, 15) is 5.11 Å². The van der Waals surface area contributed by atoms with E-state index >= 15 is 0 Å². The summed E-state index contributed by atoms with van der Waals surface area (Å²) in [6.07, 6.45) is 1.68. The number of rotatable bonds is 4. The molecule has 1 aliphatic heterocycles. The third kappa shape index (κ3) is 3.40. The number of aromatic hydroxyl groups is 1. The van der Waals surface area contributed by atoms with Gasteiger partial charge in [0.2, 0.25) is 0 Å². The van der Waals surface area contributed by atoms with Gasteiger partial charge in [0.1, 0.15) is 5.75 Å². The molecule has 0 unspecified atom stereocenters. The van der Waals surface area contributed by atoms with Crippen LogP contribution >= 0.6 is 0 Å². The van der Waals surface area contributed by atoms with Crippen molar-refractivity contribution in [3.8, 4) is 11.8 Å². The summed E-state index contributed by atoms with van der Waals surface area (Å²) in [6.45, 7) is 3.75. The molecule has 5 heteroatoms. The maximum absolute atomic E-state index is 10.0. The first-order valence-corrected chi connectivity index (χ1v) is 8.12. The quantitative estimate of drug-likeness (QED) is 0.904. The lowest BCUT2D eigenvalue weighted by molar-refractivity contribution is 0.0355. The molecule has 0 saturated carbocycles. The van der Waals surface area contributed by atoms with Crippen LogP contribution in [0.25, 0.3) is 0 Å². The Hall–Kier alpha value is -2.42. The third-order valence-electron chi connectivity index (χ3n) is 4.60. The molecule has 2 heterocycles. The molecule has 2 N–H and O–H groups in total. The Balaban J connectivity index is 1.85. The Bertz CT molecular complexity index is 744. The summed E-state index contributed by atoms with van der Waals surface area (Å²) in [7, 11) is 0. The predicted molar refractivity (Wildman–Crippen MR) is 90.4 cm³/mol. The molecule has 0 amide bonds. The number of benzene rings is 1. The Morgan fingerprint density at radius 3 is 2.58 bits per heavy atom. The van der Waals surface area contributed by atoms with Crippen LogP contribution in [0.15, 0.2) is 36.4 Å². The van der Waals surface area contributed by atoms with E-state index in [0.717, 1.165) is 24.1 Å². The molecule has 0 spiro atoms. The van der Waals surface area contributed by atoms with E-state index in [4.69, 9.17) is 10.00 Å². The molecular weight excluding hydrogens is 302 g/mol. The van der Waals surface area contributed by atoms with Gasteiger partial charge in [-0.05, 0) is 49.6 Å². The molecule has 2 aromatic rings. The second kappa shape index (κ2) is 7.00. The summed E-state index contributed by atoms with van der Waals surface area (Å²) in [5.74, 6) is 0.204. The van der Waals surface area contributed by atoms with Crippen molar-refractivity contribution in [2.24, 2.45) is 0 Å². The van der Waals surface area contributed by atoms with Crippen LogP contribution in [0, 0.1) is 18.3 Å². The van der Waals surface area contributed by atoms with Crippen LogP contribution in [0.4, 0.5) is 0 Å². The second-order valence-electron chi connectivity index (χ2n) is 6.16. The highest BCUT2D eigenvalue weighted by Crippen LogP contribution is 2.33. The molecular formula is C19H21N3O2. The van der Waals surface area contributed by atoms with E-state index in [1.54, 1.807) is 12.1 Å². The van der Waals surface area contributed by atoms with Crippen LogP contribution < -0.4 is 5.32 Å². The van der Waals surface area contributed by atoms with Gasteiger partial charge in [-0.25, -0.2) is 0 Å². The van der Waals surface area contributed by atoms with Crippen molar-refractivity contribution >= 4 is 0 Å². The number of nitrogens with one attached hydrogen (secondary N) is 1. The smallest absolute Gasteiger partial charge is 0.138 e. The Morgan fingerprint density at radius 1 is 1.21 bits per heavy atom. The van der Waals surface area contributed by atoms with Crippen molar-refractivity contribution < 1.29 is 9.84 Å². The summed E-state index contributed by atoms with van der Waals surface area (Å²) >= 11 is 0. The molecule has 3 rings (SSSR count). The molecule has 0 aliphatic carbocycles. The van der Waals surface area contributed by atoms with Gasteiger partial charge < -0.3 is 15.2 Å². The first-order valence-electron chi connectivity index (χ1n) is 8.12. The van der Waals surface area contributed by atoms with Crippen molar-refractivity contribution in [3.63, 3.8) is 0 Å². The van der Waals surface area contributed by atoms with Crippen molar-refractivity contribution in [2.45, 2.75) is 31.8 Å². The Labute approximate surface area is 141 Å². The summed E-state index contributed by atoms with van der Waals surface area (Å²) in [6, 6.07) is 13.3. The van der Waals surface area contributed by atoms with Crippen LogP contribution in [0.5, 0.6) is 5.75 Å². The minimum atomic E-state index is -0.232. The Kier molecular flexibility index (Phi) is 4.79. The highest BCUT2D eigenvalue weighted by atomic mass is 16.5. The van der Waals surface area contributed by atoms with Gasteiger partial charge in [-0.2, -0.15) is 5.26 Å². The molecule has 0 radical (unpaired) electrons. The standard InChI is InChI=1S/C19H21N3O2/c1-14-2-7-18(23)17(22-14)13-21-19(8-10-24-11-9-19)16-5-3-15(12-20)4-6-16/h2-7,21,23H,8-11,13H2,1H3. The molecule has 1 aromatic heterocycles. The van der Waals surface area contributed by atoms with Gasteiger partial charge in [-0.1, -0.05) is 12.1 Å². The van der Waals surface area contributed by atoms with E-state index in [1.807, 2.05) is 31.2 Å². The highest BCUT2D eigenvalue weighted by molar-refractivity contribution is 5.35. The number of aromatic nitrogens is 1. The van der Waals surface area contributed by atoms with Crippen LogP contribution in [-0.2, 0) is 16.8 Å². The molecule has 0 bridgehead atoms. The van der Waals surface area contributed by atoms with E-state index in [-0.39, 0.29) is 11.3 Å². The topological polar surface area (TPSA) is 78.2 Å². The lowest BCUT2D eigenvalue weighted by Crippen LogP contribution is -2.46. The van der Waals surface area contributed by atoms with Gasteiger partial charge in [0, 0.05) is 31.0 Å². The van der Waals surface area contributed by atoms with Gasteiger partial charge in [0.15, 0.2) is 0 Å². The van der Waals surface area contributed by atoms with Gasteiger partial charge >= 0.3 is 0 Å². The van der Waals surface area contributed by atoms with Crippen LogP contribution in [0.1, 0.15) is 35.4 Å². The number of hydrogen-bond acceptors (Lipinski definition) is 5. The predicted octanol–water partition coefficient (Wildman–Crippen LogP) is 2.76. The second-order valence-corrected chi connectivity index (χ2v) is 6.16. The molecule has 24 heavy (non-hydrogen) atoms. The SMILES string of the molecule is Cc1ccc(O)c(CNC2(c3ccc(C#N)cc3)CCOCC2)n1. The first-order chi connectivity index (χ1) is 11.6. The largest absolute Gasteiger partial charge is 0.506 e. The van der Waals surface area contributed by atoms with Crippen molar-refractivity contribution in [3.05, 3.63) is 58.9 Å². The van der Waals surface area contributed by atoms with Crippen LogP contribution in [0.2, 0.25) is 0 Å². The average Bonchev–Trinajstić information content (AvgIpc) is 2.63. The number of nitrogens with zero attached hydrogens (tertiary/aromatic N) is 2. The first kappa shape index (κ1) is 16.4. The van der Waals surface area contributed by atoms with Gasteiger partial charge in [-0.3, -0.25) is 4.98 Å². The zero-order valence-corrected chi connectivity index (χ0v) is 13.7. The number of ether oxygens (including phenoxy) is 1. The number of nitriles is 1. The van der Waals surface area contributed by atoms with E-state index < -0.39 is 0 Å². The number of hydrogen-bond donors (Lipinski definition) is 2. The Morgan fingerprint density at radius 2 is 1.92 bits per heavy atom. The molecule has 0 atom stereocenters. The summed E-state index contributed by atoms with van der Waals surface area (Å²) in [5.41, 5.74) is 3.08. The lowest BCUT2D eigenvalue weighted by Gasteiger charge is -2.39. The number of pyridine rings is 1. The third-order valence-corrected chi connectivity index (χ3v) is 4.60. The average molecular weight is 323 g/mol. The van der Waals surface area contributed by atoms with Gasteiger partial charge in [0.25, 0.3) is 0 Å². The van der Waals surface area contributed by atoms with Crippen LogP contribution in [-0.4, -0.2) is 23.3 Å². The fourth-order valence-electron chi connectivity index (χ4n) is 3.14. The van der Waals surface area contributed by atoms with E-state index in [2.05, 4.69) is 16.4 Å². The molecule has 1 aliphatic rings. The summed E-state index contributed by atoms with van der Waals surface area (Å²) < 4.78 is 5.53. The lowest BCUT2D eigenvalue weighted by atomic mass is 9.82. The van der Waals surface area contributed by atoms with Gasteiger partial charge in [0.05, 0.1) is 17.3 Å². The van der Waals surface area contributed by atoms with Crippen LogP contribution in [0.3, 0.4) is 0 Å². The molecule has 124 valence electrons. The summed E-state index contributed by atoms with van der Waals surface area (Å²) in [4.78, 5) is 4.42. The van der Waals surface area contributed by atoms with E-state index in [1.165, 1.54) is 0 Å². The minimum absolute atomic E-state index is 0.204. The fourth-order valence-corrected chi connectivity index (χ4v) is 3.14.